The van der Waals surface area contributed by atoms with Gasteiger partial charge in [-0.15, -0.1) is 0 Å². The van der Waals surface area contributed by atoms with E-state index in [0.29, 0.717) is 18.7 Å². The van der Waals surface area contributed by atoms with Gasteiger partial charge in [0.2, 0.25) is 0 Å². The molecule has 3 aromatic rings. The van der Waals surface area contributed by atoms with E-state index in [1.54, 1.807) is 42.6 Å². The Morgan fingerprint density at radius 2 is 1.85 bits per heavy atom. The van der Waals surface area contributed by atoms with Crippen LogP contribution in [0.3, 0.4) is 0 Å². The fourth-order valence-corrected chi connectivity index (χ4v) is 3.82. The second-order valence-corrected chi connectivity index (χ2v) is 8.09. The average Bonchev–Trinajstić information content (AvgIpc) is 2.87. The number of hydrogen-bond acceptors (Lipinski definition) is 5. The van der Waals surface area contributed by atoms with E-state index >= 15 is 0 Å². The van der Waals surface area contributed by atoms with Gasteiger partial charge in [0.15, 0.2) is 0 Å². The van der Waals surface area contributed by atoms with Crippen molar-refractivity contribution in [3.63, 3.8) is 0 Å². The molecule has 3 rings (SSSR count). The molecule has 0 bridgehead atoms. The van der Waals surface area contributed by atoms with Crippen LogP contribution in [0.15, 0.2) is 72.9 Å². The van der Waals surface area contributed by atoms with Gasteiger partial charge in [0.1, 0.15) is 17.6 Å². The van der Waals surface area contributed by atoms with E-state index in [1.165, 1.54) is 0 Å². The van der Waals surface area contributed by atoms with Crippen molar-refractivity contribution in [3.8, 4) is 11.8 Å². The Hall–Kier alpha value is -4.05. The summed E-state index contributed by atoms with van der Waals surface area (Å²) in [5, 5.41) is 25.0. The molecule has 176 valence electrons. The zero-order valence-corrected chi connectivity index (χ0v) is 19.4. The lowest BCUT2D eigenvalue weighted by Crippen LogP contribution is -2.46. The maximum absolute atomic E-state index is 13.3. The number of urea groups is 1. The number of rotatable bonds is 11. The molecule has 0 aliphatic heterocycles. The molecule has 1 atom stereocenters. The molecule has 2 aromatic carbocycles. The number of carbonyl (C=O) groups is 1. The lowest BCUT2D eigenvalue weighted by Gasteiger charge is -2.32. The predicted molar refractivity (Wildman–Crippen MR) is 135 cm³/mol. The van der Waals surface area contributed by atoms with Crippen LogP contribution in [0.4, 0.5) is 16.3 Å². The predicted octanol–water partition coefficient (Wildman–Crippen LogP) is 5.44. The average molecular weight is 458 g/mol. The van der Waals surface area contributed by atoms with Crippen LogP contribution in [0.5, 0.6) is 5.75 Å². The summed E-state index contributed by atoms with van der Waals surface area (Å²) >= 11 is 0. The van der Waals surface area contributed by atoms with E-state index in [9.17, 15) is 9.90 Å². The number of nitrogens with one attached hydrogen (secondary N) is 2. The maximum atomic E-state index is 13.3. The summed E-state index contributed by atoms with van der Waals surface area (Å²) < 4.78 is 0. The highest BCUT2D eigenvalue weighted by molar-refractivity contribution is 5.92. The van der Waals surface area contributed by atoms with E-state index in [2.05, 4.69) is 28.6 Å². The van der Waals surface area contributed by atoms with Gasteiger partial charge in [-0.1, -0.05) is 43.7 Å². The summed E-state index contributed by atoms with van der Waals surface area (Å²) in [5.41, 5.74) is 2.32. The summed E-state index contributed by atoms with van der Waals surface area (Å²) in [4.78, 5) is 19.4. The number of amides is 2. The lowest BCUT2D eigenvalue weighted by atomic mass is 10.0. The van der Waals surface area contributed by atoms with E-state index in [4.69, 9.17) is 5.26 Å². The summed E-state index contributed by atoms with van der Waals surface area (Å²) in [6, 6.07) is 22.0. The molecular weight excluding hydrogens is 426 g/mol. The molecule has 0 radical (unpaired) electrons. The largest absolute Gasteiger partial charge is 0.508 e. The summed E-state index contributed by atoms with van der Waals surface area (Å²) in [6.45, 7) is 3.26. The Balaban J connectivity index is 1.67. The van der Waals surface area contributed by atoms with Crippen LogP contribution >= 0.6 is 0 Å². The van der Waals surface area contributed by atoms with Crippen LogP contribution in [-0.2, 0) is 6.54 Å². The van der Waals surface area contributed by atoms with Crippen LogP contribution in [0.25, 0.3) is 0 Å². The van der Waals surface area contributed by atoms with Crippen molar-refractivity contribution in [1.82, 2.24) is 10.3 Å². The van der Waals surface area contributed by atoms with E-state index in [-0.39, 0.29) is 17.8 Å². The van der Waals surface area contributed by atoms with Crippen molar-refractivity contribution < 1.29 is 9.90 Å². The number of nitrogens with zero attached hydrogens (tertiary/aromatic N) is 3. The normalized spacial score (nSPS) is 11.3. The molecule has 2 amide bonds. The molecule has 1 heterocycles. The molecule has 7 nitrogen and oxygen atoms in total. The van der Waals surface area contributed by atoms with Crippen LogP contribution in [0.1, 0.15) is 43.7 Å². The highest BCUT2D eigenvalue weighted by atomic mass is 16.3. The van der Waals surface area contributed by atoms with Crippen molar-refractivity contribution in [2.45, 2.75) is 45.2 Å². The van der Waals surface area contributed by atoms with Crippen molar-refractivity contribution in [1.29, 1.82) is 5.26 Å². The number of nitriles is 1. The van der Waals surface area contributed by atoms with Crippen LogP contribution < -0.4 is 15.5 Å². The lowest BCUT2D eigenvalue weighted by molar-refractivity contribution is 0.242. The number of phenols is 1. The first-order valence-corrected chi connectivity index (χ1v) is 11.6. The molecular formula is C27H31N5O2. The zero-order chi connectivity index (χ0) is 24.2. The first-order chi connectivity index (χ1) is 16.6. The van der Waals surface area contributed by atoms with E-state index in [0.717, 1.165) is 42.8 Å². The molecule has 0 fully saturated rings. The van der Waals surface area contributed by atoms with Crippen LogP contribution in [-0.4, -0.2) is 28.7 Å². The number of hydrogen-bond donors (Lipinski definition) is 3. The van der Waals surface area contributed by atoms with Crippen molar-refractivity contribution >= 4 is 17.5 Å². The first kappa shape index (κ1) is 24.6. The Kier molecular flexibility index (Phi) is 9.29. The fourth-order valence-electron chi connectivity index (χ4n) is 3.82. The number of aromatic nitrogens is 1. The van der Waals surface area contributed by atoms with Gasteiger partial charge >= 0.3 is 6.03 Å². The molecule has 7 heteroatoms. The third-order valence-corrected chi connectivity index (χ3v) is 5.53. The molecule has 0 unspecified atom stereocenters. The summed E-state index contributed by atoms with van der Waals surface area (Å²) in [7, 11) is 0. The Morgan fingerprint density at radius 3 is 2.50 bits per heavy atom. The van der Waals surface area contributed by atoms with Gasteiger partial charge in [0.25, 0.3) is 0 Å². The number of phenolic OH excluding ortho intramolecular Hbond substituents is 1. The quantitative estimate of drug-likeness (QED) is 0.333. The fraction of sp³-hybridized carbons (Fsp3) is 0.296. The minimum Gasteiger partial charge on any atom is -0.508 e. The van der Waals surface area contributed by atoms with Crippen LogP contribution in [0, 0.1) is 11.3 Å². The number of aromatic hydroxyl groups is 1. The van der Waals surface area contributed by atoms with Gasteiger partial charge in [-0.2, -0.15) is 5.26 Å². The second kappa shape index (κ2) is 12.9. The third kappa shape index (κ3) is 7.24. The van der Waals surface area contributed by atoms with Gasteiger partial charge in [0, 0.05) is 31.0 Å². The van der Waals surface area contributed by atoms with Gasteiger partial charge in [-0.3, -0.25) is 4.90 Å². The first-order valence-electron chi connectivity index (χ1n) is 11.6. The van der Waals surface area contributed by atoms with Crippen molar-refractivity contribution in [2.75, 3.05) is 16.8 Å². The highest BCUT2D eigenvalue weighted by Gasteiger charge is 2.24. The molecule has 3 N–H and O–H groups in total. The molecule has 0 saturated carbocycles. The second-order valence-electron chi connectivity index (χ2n) is 8.09. The van der Waals surface area contributed by atoms with Gasteiger partial charge in [0.05, 0.1) is 5.56 Å². The Morgan fingerprint density at radius 1 is 1.09 bits per heavy atom. The zero-order valence-electron chi connectivity index (χ0n) is 19.4. The van der Waals surface area contributed by atoms with Crippen molar-refractivity contribution in [3.05, 3.63) is 84.1 Å². The summed E-state index contributed by atoms with van der Waals surface area (Å²) in [6.07, 6.45) is 4.99. The van der Waals surface area contributed by atoms with Crippen molar-refractivity contribution in [2.24, 2.45) is 0 Å². The number of anilines is 2. The Bertz CT molecular complexity index is 1060. The molecule has 34 heavy (non-hydrogen) atoms. The number of pyridine rings is 1. The number of benzene rings is 2. The van der Waals surface area contributed by atoms with Crippen LogP contribution in [0.2, 0.25) is 0 Å². The van der Waals surface area contributed by atoms with E-state index < -0.39 is 0 Å². The molecule has 0 spiro atoms. The van der Waals surface area contributed by atoms with Gasteiger partial charge in [-0.25, -0.2) is 9.78 Å². The highest BCUT2D eigenvalue weighted by Crippen LogP contribution is 2.25. The minimum atomic E-state index is -0.158. The Labute approximate surface area is 201 Å². The van der Waals surface area contributed by atoms with Gasteiger partial charge < -0.3 is 15.7 Å². The standard InChI is InChI=1S/C27H31N5O2/c1-2-7-23(10-6-17-29-26-16-11-22(18-28)20-30-26)32(24-12-14-25(33)15-13-24)27(34)31-19-21-8-4-3-5-9-21/h3-5,8-9,11-16,20,23,33H,2,6-7,10,17,19H2,1H3,(H,29,30)(H,31,34)/t23-/m1/s1. The summed E-state index contributed by atoms with van der Waals surface area (Å²) in [5.74, 6) is 0.890. The monoisotopic (exact) mass is 457 g/mol. The topological polar surface area (TPSA) is 101 Å². The SMILES string of the molecule is CCC[C@H](CCCNc1ccc(C#N)cn1)N(C(=O)NCc1ccccc1)c1ccc(O)cc1. The molecule has 0 saturated heterocycles. The van der Waals surface area contributed by atoms with Gasteiger partial charge in [-0.05, 0) is 61.2 Å². The molecule has 1 aromatic heterocycles. The third-order valence-electron chi connectivity index (χ3n) is 5.53. The molecule has 0 aliphatic carbocycles. The number of carbonyl (C=O) groups excluding carboxylic acids is 1. The maximum Gasteiger partial charge on any atom is 0.322 e. The van der Waals surface area contributed by atoms with E-state index in [1.807, 2.05) is 35.2 Å². The smallest absolute Gasteiger partial charge is 0.322 e. The molecule has 0 aliphatic rings. The minimum absolute atomic E-state index is 0.000963.